The lowest BCUT2D eigenvalue weighted by molar-refractivity contribution is -0.129. The molecule has 0 aromatic carbocycles. The van der Waals surface area contributed by atoms with Gasteiger partial charge in [-0.1, -0.05) is 6.07 Å². The van der Waals surface area contributed by atoms with E-state index in [9.17, 15) is 9.59 Å². The molecule has 1 amide bonds. The zero-order valence-corrected chi connectivity index (χ0v) is 12.3. The predicted octanol–water partition coefficient (Wildman–Crippen LogP) is 0.255. The molecule has 3 aromatic heterocycles. The molecule has 3 rings (SSSR count). The number of nitrogens with one attached hydrogen (secondary N) is 2. The Morgan fingerprint density at radius 2 is 2.27 bits per heavy atom. The van der Waals surface area contributed by atoms with Crippen LogP contribution in [0.1, 0.15) is 17.1 Å². The fourth-order valence-corrected chi connectivity index (χ4v) is 2.27. The Hall–Kier alpha value is -2.90. The summed E-state index contributed by atoms with van der Waals surface area (Å²) in [5.74, 6) is 0.330. The number of hydrogen-bond acceptors (Lipinski definition) is 4. The lowest BCUT2D eigenvalue weighted by atomic mass is 10.3. The summed E-state index contributed by atoms with van der Waals surface area (Å²) < 4.78 is 1.91. The molecule has 0 saturated heterocycles. The van der Waals surface area contributed by atoms with E-state index in [-0.39, 0.29) is 24.6 Å². The second kappa shape index (κ2) is 5.47. The van der Waals surface area contributed by atoms with Gasteiger partial charge in [-0.3, -0.25) is 9.78 Å². The quantitative estimate of drug-likeness (QED) is 0.721. The number of nitrogens with zero attached hydrogens (tertiary/aromatic N) is 4. The largest absolute Gasteiger partial charge is 0.340 e. The number of H-pyrrole nitrogens is 2. The number of fused-ring (bicyclic) bond motifs is 1. The van der Waals surface area contributed by atoms with Crippen molar-refractivity contribution in [2.45, 2.75) is 19.9 Å². The molecule has 114 valence electrons. The van der Waals surface area contributed by atoms with Crippen molar-refractivity contribution in [1.82, 2.24) is 29.5 Å². The molecule has 22 heavy (non-hydrogen) atoms. The van der Waals surface area contributed by atoms with Gasteiger partial charge in [-0.15, -0.1) is 0 Å². The fourth-order valence-electron chi connectivity index (χ4n) is 2.27. The van der Waals surface area contributed by atoms with Gasteiger partial charge in [0, 0.05) is 19.4 Å². The van der Waals surface area contributed by atoms with Crippen LogP contribution in [0.2, 0.25) is 0 Å². The van der Waals surface area contributed by atoms with E-state index in [1.54, 1.807) is 7.05 Å². The molecule has 2 N–H and O–H groups in total. The van der Waals surface area contributed by atoms with Gasteiger partial charge in [0.2, 0.25) is 5.91 Å². The Kier molecular flexibility index (Phi) is 3.50. The van der Waals surface area contributed by atoms with Crippen LogP contribution in [0, 0.1) is 6.92 Å². The van der Waals surface area contributed by atoms with E-state index in [2.05, 4.69) is 20.2 Å². The Morgan fingerprint density at radius 3 is 2.95 bits per heavy atom. The van der Waals surface area contributed by atoms with Crippen LogP contribution in [-0.2, 0) is 17.8 Å². The maximum Gasteiger partial charge on any atom is 0.340 e. The Labute approximate surface area is 125 Å². The highest BCUT2D eigenvalue weighted by molar-refractivity contribution is 5.78. The molecule has 0 aliphatic carbocycles. The van der Waals surface area contributed by atoms with Crippen molar-refractivity contribution in [2.75, 3.05) is 7.05 Å². The summed E-state index contributed by atoms with van der Waals surface area (Å²) in [6.07, 6.45) is 3.96. The van der Waals surface area contributed by atoms with Gasteiger partial charge < -0.3 is 9.30 Å². The van der Waals surface area contributed by atoms with Crippen LogP contribution in [0.3, 0.4) is 0 Å². The van der Waals surface area contributed by atoms with E-state index in [0.717, 1.165) is 11.2 Å². The summed E-state index contributed by atoms with van der Waals surface area (Å²) in [5.41, 5.74) is 2.24. The number of carbonyl (C=O) groups is 1. The molecule has 0 fully saturated rings. The molecule has 0 bridgehead atoms. The lowest BCUT2D eigenvalue weighted by Crippen LogP contribution is -2.28. The van der Waals surface area contributed by atoms with Crippen LogP contribution < -0.4 is 5.69 Å². The lowest BCUT2D eigenvalue weighted by Gasteiger charge is -2.14. The van der Waals surface area contributed by atoms with E-state index in [4.69, 9.17) is 0 Å². The number of aryl methyl sites for hydroxylation is 1. The Morgan fingerprint density at radius 1 is 1.45 bits per heavy atom. The number of likely N-dealkylation sites (N-methyl/N-ethyl adjacent to an activating group) is 1. The summed E-state index contributed by atoms with van der Waals surface area (Å²) in [5, 5.41) is 6.06. The summed E-state index contributed by atoms with van der Waals surface area (Å²) >= 11 is 0. The van der Waals surface area contributed by atoms with Gasteiger partial charge in [0.1, 0.15) is 5.65 Å². The van der Waals surface area contributed by atoms with Gasteiger partial charge in [0.05, 0.1) is 18.7 Å². The third-order valence-corrected chi connectivity index (χ3v) is 3.42. The third-order valence-electron chi connectivity index (χ3n) is 3.42. The number of amides is 1. The first-order chi connectivity index (χ1) is 10.5. The van der Waals surface area contributed by atoms with E-state index >= 15 is 0 Å². The van der Waals surface area contributed by atoms with Gasteiger partial charge >= 0.3 is 5.69 Å². The second-order valence-electron chi connectivity index (χ2n) is 5.21. The highest BCUT2D eigenvalue weighted by Crippen LogP contribution is 2.11. The minimum Gasteiger partial charge on any atom is -0.338 e. The zero-order valence-electron chi connectivity index (χ0n) is 12.3. The monoisotopic (exact) mass is 300 g/mol. The standard InChI is InChI=1S/C14H16N6O2/c1-9-4-3-5-20-7-10(15-13(9)20)6-12(21)19(2)8-11-16-14(22)18-17-11/h3-5,7H,6,8H2,1-2H3,(H2,16,17,18,22). The van der Waals surface area contributed by atoms with Crippen molar-refractivity contribution in [3.8, 4) is 0 Å². The maximum atomic E-state index is 12.2. The first-order valence-corrected chi connectivity index (χ1v) is 6.83. The average molecular weight is 300 g/mol. The number of imidazole rings is 1. The van der Waals surface area contributed by atoms with E-state index < -0.39 is 0 Å². The summed E-state index contributed by atoms with van der Waals surface area (Å²) in [7, 11) is 1.66. The van der Waals surface area contributed by atoms with Crippen molar-refractivity contribution in [3.63, 3.8) is 0 Å². The molecule has 3 heterocycles. The van der Waals surface area contributed by atoms with Crippen molar-refractivity contribution >= 4 is 11.6 Å². The fraction of sp³-hybridized carbons (Fsp3) is 0.286. The maximum absolute atomic E-state index is 12.2. The van der Waals surface area contributed by atoms with Gasteiger partial charge in [-0.25, -0.2) is 14.9 Å². The minimum absolute atomic E-state index is 0.0927. The smallest absolute Gasteiger partial charge is 0.338 e. The number of rotatable bonds is 4. The van der Waals surface area contributed by atoms with Crippen molar-refractivity contribution in [1.29, 1.82) is 0 Å². The molecular weight excluding hydrogens is 284 g/mol. The van der Waals surface area contributed by atoms with E-state index in [1.165, 1.54) is 4.90 Å². The number of pyridine rings is 1. The molecule has 8 heteroatoms. The molecular formula is C14H16N6O2. The van der Waals surface area contributed by atoms with Crippen LogP contribution >= 0.6 is 0 Å². The molecule has 0 aliphatic heterocycles. The SMILES string of the molecule is Cc1cccn2cc(CC(=O)N(C)Cc3n[nH]c(=O)[nH]3)nc12. The van der Waals surface area contributed by atoms with Crippen LogP contribution in [-0.4, -0.2) is 42.4 Å². The first kappa shape index (κ1) is 14.1. The topological polar surface area (TPSA) is 99.1 Å². The summed E-state index contributed by atoms with van der Waals surface area (Å²) in [4.78, 5) is 31.7. The summed E-state index contributed by atoms with van der Waals surface area (Å²) in [6, 6.07) is 3.92. The number of carbonyl (C=O) groups excluding carboxylic acids is 1. The normalized spacial score (nSPS) is 11.0. The van der Waals surface area contributed by atoms with Gasteiger partial charge in [0.15, 0.2) is 5.82 Å². The van der Waals surface area contributed by atoms with E-state index in [0.29, 0.717) is 11.5 Å². The van der Waals surface area contributed by atoms with Crippen molar-refractivity contribution in [3.05, 3.63) is 52.1 Å². The van der Waals surface area contributed by atoms with Gasteiger partial charge in [-0.2, -0.15) is 5.10 Å². The number of hydrogen-bond donors (Lipinski definition) is 2. The highest BCUT2D eigenvalue weighted by atomic mass is 16.2. The third kappa shape index (κ3) is 2.76. The Balaban J connectivity index is 1.72. The van der Waals surface area contributed by atoms with Crippen LogP contribution in [0.15, 0.2) is 29.3 Å². The molecule has 0 saturated carbocycles. The number of aromatic amines is 2. The molecule has 0 radical (unpaired) electrons. The molecule has 3 aromatic rings. The average Bonchev–Trinajstić information content (AvgIpc) is 3.05. The second-order valence-corrected chi connectivity index (χ2v) is 5.21. The number of aromatic nitrogens is 5. The highest BCUT2D eigenvalue weighted by Gasteiger charge is 2.14. The molecule has 8 nitrogen and oxygen atoms in total. The molecule has 0 atom stereocenters. The van der Waals surface area contributed by atoms with Crippen LogP contribution in [0.5, 0.6) is 0 Å². The predicted molar refractivity (Wildman–Crippen MR) is 79.3 cm³/mol. The van der Waals surface area contributed by atoms with Crippen LogP contribution in [0.4, 0.5) is 0 Å². The summed E-state index contributed by atoms with van der Waals surface area (Å²) in [6.45, 7) is 2.22. The van der Waals surface area contributed by atoms with Gasteiger partial charge in [0.25, 0.3) is 0 Å². The zero-order chi connectivity index (χ0) is 15.7. The first-order valence-electron chi connectivity index (χ1n) is 6.83. The van der Waals surface area contributed by atoms with Crippen LogP contribution in [0.25, 0.3) is 5.65 Å². The van der Waals surface area contributed by atoms with Gasteiger partial charge in [-0.05, 0) is 18.6 Å². The molecule has 0 unspecified atom stereocenters. The van der Waals surface area contributed by atoms with E-state index in [1.807, 2.05) is 35.9 Å². The van der Waals surface area contributed by atoms with Crippen molar-refractivity contribution < 1.29 is 4.79 Å². The Bertz CT molecular complexity index is 875. The molecule has 0 aliphatic rings. The minimum atomic E-state index is -0.383. The molecule has 0 spiro atoms. The van der Waals surface area contributed by atoms with Crippen molar-refractivity contribution in [2.24, 2.45) is 0 Å².